The lowest BCUT2D eigenvalue weighted by Gasteiger charge is -2.14. The van der Waals surface area contributed by atoms with Crippen LogP contribution in [0.15, 0.2) is 75.4 Å². The van der Waals surface area contributed by atoms with Crippen LogP contribution in [0.4, 0.5) is 5.69 Å². The molecule has 0 amide bonds. The first-order valence-electron chi connectivity index (χ1n) is 6.73. The molecule has 2 rings (SSSR count). The van der Waals surface area contributed by atoms with Crippen molar-refractivity contribution < 1.29 is 4.74 Å². The van der Waals surface area contributed by atoms with Gasteiger partial charge in [0.05, 0.1) is 4.48 Å². The summed E-state index contributed by atoms with van der Waals surface area (Å²) in [6.45, 7) is 0.617. The van der Waals surface area contributed by atoms with Crippen LogP contribution in [-0.2, 0) is 4.74 Å². The molecule has 1 aromatic rings. The van der Waals surface area contributed by atoms with E-state index < -0.39 is 0 Å². The van der Waals surface area contributed by atoms with Crippen molar-refractivity contribution in [2.75, 3.05) is 11.9 Å². The second kappa shape index (κ2) is 8.67. The first kappa shape index (κ1) is 16.7. The summed E-state index contributed by atoms with van der Waals surface area (Å²) in [7, 11) is 0. The Morgan fingerprint density at radius 1 is 1.32 bits per heavy atom. The highest BCUT2D eigenvalue weighted by Gasteiger charge is 2.10. The maximum atomic E-state index is 5.92. The van der Waals surface area contributed by atoms with E-state index in [-0.39, 0.29) is 6.10 Å². The number of benzene rings is 1. The van der Waals surface area contributed by atoms with Gasteiger partial charge in [-0.3, -0.25) is 0 Å². The first-order valence-corrected chi connectivity index (χ1v) is 8.31. The standard InChI is InChI=1S/C18H15Br2NO/c1-2-7-16(20)18(22-14-8-3-4-9-14)12-13-21-17-11-6-5-10-15(17)19/h1,3-12,14,21H,13H2/b16-7+,18-12+. The fourth-order valence-corrected chi connectivity index (χ4v) is 2.65. The van der Waals surface area contributed by atoms with Crippen molar-refractivity contribution in [3.05, 3.63) is 75.4 Å². The number of anilines is 1. The third-order valence-electron chi connectivity index (χ3n) is 2.88. The summed E-state index contributed by atoms with van der Waals surface area (Å²) < 4.78 is 7.69. The van der Waals surface area contributed by atoms with Crippen molar-refractivity contribution in [2.45, 2.75) is 6.10 Å². The van der Waals surface area contributed by atoms with E-state index in [1.54, 1.807) is 6.08 Å². The number of terminal acetylenes is 1. The molecule has 0 radical (unpaired) electrons. The minimum atomic E-state index is -0.0616. The molecule has 0 saturated heterocycles. The third kappa shape index (κ3) is 4.94. The highest BCUT2D eigenvalue weighted by atomic mass is 79.9. The lowest BCUT2D eigenvalue weighted by atomic mass is 10.3. The van der Waals surface area contributed by atoms with Crippen LogP contribution in [0.1, 0.15) is 0 Å². The molecule has 0 bridgehead atoms. The van der Waals surface area contributed by atoms with Crippen molar-refractivity contribution in [3.63, 3.8) is 0 Å². The van der Waals surface area contributed by atoms with E-state index in [0.717, 1.165) is 14.6 Å². The minimum Gasteiger partial charge on any atom is -0.481 e. The monoisotopic (exact) mass is 419 g/mol. The molecule has 22 heavy (non-hydrogen) atoms. The van der Waals surface area contributed by atoms with Gasteiger partial charge in [0, 0.05) is 22.8 Å². The van der Waals surface area contributed by atoms with E-state index in [4.69, 9.17) is 11.2 Å². The SMILES string of the molecule is C#C/C=C(Br)\C(=C/CNc1ccccc1Br)OC1C=CC=C1. The van der Waals surface area contributed by atoms with Crippen LogP contribution in [0, 0.1) is 12.3 Å². The van der Waals surface area contributed by atoms with Crippen LogP contribution < -0.4 is 5.32 Å². The van der Waals surface area contributed by atoms with E-state index >= 15 is 0 Å². The van der Waals surface area contributed by atoms with Gasteiger partial charge in [-0.05, 0) is 62.2 Å². The van der Waals surface area contributed by atoms with Crippen molar-refractivity contribution in [3.8, 4) is 12.3 Å². The number of ether oxygens (including phenoxy) is 1. The molecule has 1 N–H and O–H groups in total. The Morgan fingerprint density at radius 2 is 2.05 bits per heavy atom. The molecule has 0 saturated carbocycles. The van der Waals surface area contributed by atoms with Gasteiger partial charge in [-0.2, -0.15) is 0 Å². The average Bonchev–Trinajstić information content (AvgIpc) is 3.01. The number of allylic oxidation sites excluding steroid dienone is 4. The van der Waals surface area contributed by atoms with Gasteiger partial charge in [0.25, 0.3) is 0 Å². The zero-order chi connectivity index (χ0) is 15.8. The third-order valence-corrected chi connectivity index (χ3v) is 4.19. The van der Waals surface area contributed by atoms with Crippen LogP contribution in [0.3, 0.4) is 0 Å². The fraction of sp³-hybridized carbons (Fsp3) is 0.111. The molecule has 112 valence electrons. The molecule has 0 unspecified atom stereocenters. The summed E-state index contributed by atoms with van der Waals surface area (Å²) in [5.41, 5.74) is 1.02. The molecule has 2 nitrogen and oxygen atoms in total. The van der Waals surface area contributed by atoms with Crippen LogP contribution in [0.2, 0.25) is 0 Å². The average molecular weight is 421 g/mol. The number of hydrogen-bond donors (Lipinski definition) is 1. The predicted molar refractivity (Wildman–Crippen MR) is 99.7 cm³/mol. The summed E-state index contributed by atoms with van der Waals surface area (Å²) >= 11 is 6.96. The Morgan fingerprint density at radius 3 is 2.73 bits per heavy atom. The Bertz CT molecular complexity index is 669. The second-order valence-electron chi connectivity index (χ2n) is 4.44. The molecular formula is C18H15Br2NO. The molecule has 1 aliphatic carbocycles. The van der Waals surface area contributed by atoms with Crippen molar-refractivity contribution in [1.82, 2.24) is 0 Å². The van der Waals surface area contributed by atoms with Gasteiger partial charge in [0.15, 0.2) is 0 Å². The molecule has 0 aromatic heterocycles. The van der Waals surface area contributed by atoms with E-state index in [9.17, 15) is 0 Å². The minimum absolute atomic E-state index is 0.0616. The normalized spacial score (nSPS) is 15.0. The molecule has 0 atom stereocenters. The van der Waals surface area contributed by atoms with Gasteiger partial charge in [0.1, 0.15) is 11.9 Å². The van der Waals surface area contributed by atoms with Gasteiger partial charge < -0.3 is 10.1 Å². The molecule has 1 aromatic carbocycles. The Balaban J connectivity index is 2.05. The van der Waals surface area contributed by atoms with Gasteiger partial charge >= 0.3 is 0 Å². The molecular weight excluding hydrogens is 406 g/mol. The van der Waals surface area contributed by atoms with E-state index in [1.807, 2.05) is 54.6 Å². The maximum Gasteiger partial charge on any atom is 0.136 e. The summed E-state index contributed by atoms with van der Waals surface area (Å²) in [5.74, 6) is 3.20. The van der Waals surface area contributed by atoms with E-state index in [1.165, 1.54) is 0 Å². The second-order valence-corrected chi connectivity index (χ2v) is 6.15. The largest absolute Gasteiger partial charge is 0.481 e. The molecule has 4 heteroatoms. The lowest BCUT2D eigenvalue weighted by Crippen LogP contribution is -2.07. The quantitative estimate of drug-likeness (QED) is 0.389. The van der Waals surface area contributed by atoms with Crippen molar-refractivity contribution >= 4 is 37.5 Å². The van der Waals surface area contributed by atoms with Crippen molar-refractivity contribution in [1.29, 1.82) is 0 Å². The maximum absolute atomic E-state index is 5.92. The number of rotatable bonds is 6. The highest BCUT2D eigenvalue weighted by molar-refractivity contribution is 9.12. The van der Waals surface area contributed by atoms with Gasteiger partial charge in [-0.1, -0.05) is 30.2 Å². The number of halogens is 2. The summed E-state index contributed by atoms with van der Waals surface area (Å²) in [5, 5.41) is 3.33. The van der Waals surface area contributed by atoms with Gasteiger partial charge in [-0.25, -0.2) is 0 Å². The topological polar surface area (TPSA) is 21.3 Å². The van der Waals surface area contributed by atoms with Crippen molar-refractivity contribution in [2.24, 2.45) is 0 Å². The summed E-state index contributed by atoms with van der Waals surface area (Å²) in [6.07, 6.45) is 16.7. The smallest absolute Gasteiger partial charge is 0.136 e. The van der Waals surface area contributed by atoms with Crippen LogP contribution in [-0.4, -0.2) is 12.6 Å². The first-order chi connectivity index (χ1) is 10.7. The molecule has 1 aliphatic rings. The number of hydrogen-bond acceptors (Lipinski definition) is 2. The zero-order valence-electron chi connectivity index (χ0n) is 11.8. The van der Waals surface area contributed by atoms with Crippen LogP contribution >= 0.6 is 31.9 Å². The zero-order valence-corrected chi connectivity index (χ0v) is 15.0. The predicted octanol–water partition coefficient (Wildman–Crippen LogP) is 5.17. The Labute approximate surface area is 147 Å². The fourth-order valence-electron chi connectivity index (χ4n) is 1.84. The van der Waals surface area contributed by atoms with E-state index in [2.05, 4.69) is 43.1 Å². The Kier molecular flexibility index (Phi) is 6.57. The number of nitrogens with one attached hydrogen (secondary N) is 1. The van der Waals surface area contributed by atoms with Crippen LogP contribution in [0.25, 0.3) is 0 Å². The van der Waals surface area contributed by atoms with Crippen LogP contribution in [0.5, 0.6) is 0 Å². The van der Waals surface area contributed by atoms with Gasteiger partial charge in [0.2, 0.25) is 0 Å². The Hall–Kier alpha value is -1.70. The molecule has 0 spiro atoms. The van der Waals surface area contributed by atoms with E-state index in [0.29, 0.717) is 12.3 Å². The summed E-state index contributed by atoms with van der Waals surface area (Å²) in [4.78, 5) is 0. The highest BCUT2D eigenvalue weighted by Crippen LogP contribution is 2.23. The summed E-state index contributed by atoms with van der Waals surface area (Å²) in [6, 6.07) is 7.96. The van der Waals surface area contributed by atoms with Gasteiger partial charge in [-0.15, -0.1) is 6.42 Å². The lowest BCUT2D eigenvalue weighted by molar-refractivity contribution is 0.203. The molecule has 0 heterocycles. The number of para-hydroxylation sites is 1. The molecule has 0 fully saturated rings. The molecule has 0 aliphatic heterocycles.